The monoisotopic (exact) mass is 427 g/mol. The fraction of sp³-hybridized carbons (Fsp3) is 0.150. The first-order chi connectivity index (χ1) is 14.7. The summed E-state index contributed by atoms with van der Waals surface area (Å²) in [5.74, 6) is -2.54. The predicted octanol–water partition coefficient (Wildman–Crippen LogP) is 0.137. The van der Waals surface area contributed by atoms with E-state index < -0.39 is 23.6 Å². The summed E-state index contributed by atoms with van der Waals surface area (Å²) in [5, 5.41) is 6.27. The molecule has 11 nitrogen and oxygen atoms in total. The number of primary amides is 2. The van der Waals surface area contributed by atoms with Gasteiger partial charge in [0.15, 0.2) is 18.1 Å². The van der Waals surface area contributed by atoms with E-state index in [1.165, 1.54) is 31.4 Å². The largest absolute Gasteiger partial charge is 0.493 e. The summed E-state index contributed by atoms with van der Waals surface area (Å²) < 4.78 is 10.5. The molecule has 31 heavy (non-hydrogen) atoms. The number of nitrogens with zero attached hydrogens (tertiary/aromatic N) is 1. The molecule has 0 radical (unpaired) electrons. The van der Waals surface area contributed by atoms with E-state index in [0.717, 1.165) is 0 Å². The van der Waals surface area contributed by atoms with Crippen LogP contribution in [0.25, 0.3) is 0 Å². The van der Waals surface area contributed by atoms with Crippen LogP contribution in [0.4, 0.5) is 5.69 Å². The van der Waals surface area contributed by atoms with Crippen molar-refractivity contribution >= 4 is 35.0 Å². The van der Waals surface area contributed by atoms with Gasteiger partial charge in [0.2, 0.25) is 5.91 Å². The summed E-state index contributed by atoms with van der Waals surface area (Å²) >= 11 is 0. The third-order valence-electron chi connectivity index (χ3n) is 3.91. The van der Waals surface area contributed by atoms with E-state index in [1.54, 1.807) is 25.1 Å². The van der Waals surface area contributed by atoms with Crippen LogP contribution in [0.2, 0.25) is 0 Å². The average molecular weight is 427 g/mol. The third kappa shape index (κ3) is 6.56. The molecular formula is C20H21N5O6. The highest BCUT2D eigenvalue weighted by Gasteiger charge is 2.14. The van der Waals surface area contributed by atoms with Gasteiger partial charge >= 0.3 is 11.8 Å². The fourth-order valence-electron chi connectivity index (χ4n) is 2.32. The molecule has 0 saturated heterocycles. The lowest BCUT2D eigenvalue weighted by atomic mass is 10.1. The number of ether oxygens (including phenoxy) is 2. The van der Waals surface area contributed by atoms with Crippen LogP contribution in [-0.4, -0.2) is 43.1 Å². The van der Waals surface area contributed by atoms with E-state index in [0.29, 0.717) is 28.5 Å². The summed E-state index contributed by atoms with van der Waals surface area (Å²) in [5.41, 5.74) is 13.9. The molecule has 0 unspecified atom stereocenters. The van der Waals surface area contributed by atoms with E-state index in [1.807, 2.05) is 0 Å². The number of amides is 4. The van der Waals surface area contributed by atoms with Gasteiger partial charge in [-0.15, -0.1) is 0 Å². The molecule has 2 aromatic carbocycles. The smallest absolute Gasteiger partial charge is 0.329 e. The van der Waals surface area contributed by atoms with Gasteiger partial charge < -0.3 is 26.3 Å². The van der Waals surface area contributed by atoms with Crippen molar-refractivity contribution in [2.75, 3.05) is 19.0 Å². The quantitative estimate of drug-likeness (QED) is 0.265. The molecule has 0 atom stereocenters. The third-order valence-corrected chi connectivity index (χ3v) is 3.91. The number of rotatable bonds is 8. The highest BCUT2D eigenvalue weighted by atomic mass is 16.5. The SMILES string of the molecule is COc1cc(C(C)=NNC(=O)C(=O)Nc2ccc(C(N)=O)cc2)ccc1OCC(N)=O. The van der Waals surface area contributed by atoms with Crippen LogP contribution in [0, 0.1) is 0 Å². The Morgan fingerprint density at radius 1 is 0.935 bits per heavy atom. The van der Waals surface area contributed by atoms with Crippen molar-refractivity contribution in [1.29, 1.82) is 0 Å². The second kappa shape index (κ2) is 10.4. The number of hydrazone groups is 1. The normalized spacial score (nSPS) is 10.7. The second-order valence-corrected chi connectivity index (χ2v) is 6.15. The van der Waals surface area contributed by atoms with E-state index in [9.17, 15) is 19.2 Å². The molecule has 0 aromatic heterocycles. The van der Waals surface area contributed by atoms with E-state index in [2.05, 4.69) is 15.8 Å². The van der Waals surface area contributed by atoms with Gasteiger partial charge in [-0.3, -0.25) is 19.2 Å². The lowest BCUT2D eigenvalue weighted by molar-refractivity contribution is -0.136. The number of anilines is 1. The van der Waals surface area contributed by atoms with Crippen molar-refractivity contribution in [3.05, 3.63) is 53.6 Å². The lowest BCUT2D eigenvalue weighted by Gasteiger charge is -2.11. The maximum absolute atomic E-state index is 12.0. The van der Waals surface area contributed by atoms with E-state index in [-0.39, 0.29) is 12.2 Å². The Kier molecular flexibility index (Phi) is 7.67. The van der Waals surface area contributed by atoms with Crippen LogP contribution in [-0.2, 0) is 14.4 Å². The minimum atomic E-state index is -0.994. The highest BCUT2D eigenvalue weighted by Crippen LogP contribution is 2.28. The number of benzene rings is 2. The second-order valence-electron chi connectivity index (χ2n) is 6.15. The molecule has 2 aromatic rings. The van der Waals surface area contributed by atoms with Crippen LogP contribution in [0.1, 0.15) is 22.8 Å². The Morgan fingerprint density at radius 2 is 1.58 bits per heavy atom. The first-order valence-corrected chi connectivity index (χ1v) is 8.86. The van der Waals surface area contributed by atoms with Gasteiger partial charge in [-0.25, -0.2) is 5.43 Å². The van der Waals surface area contributed by atoms with Crippen molar-refractivity contribution in [1.82, 2.24) is 5.43 Å². The van der Waals surface area contributed by atoms with E-state index >= 15 is 0 Å². The molecule has 0 fully saturated rings. The van der Waals surface area contributed by atoms with Gasteiger partial charge in [0.05, 0.1) is 12.8 Å². The number of hydrogen-bond acceptors (Lipinski definition) is 7. The first kappa shape index (κ1) is 22.9. The summed E-state index contributed by atoms with van der Waals surface area (Å²) in [4.78, 5) is 45.9. The molecule has 0 saturated carbocycles. The van der Waals surface area contributed by atoms with Crippen LogP contribution in [0.5, 0.6) is 11.5 Å². The number of nitrogens with two attached hydrogens (primary N) is 2. The predicted molar refractivity (Wildman–Crippen MR) is 112 cm³/mol. The molecule has 0 bridgehead atoms. The summed E-state index contributed by atoms with van der Waals surface area (Å²) in [6.45, 7) is 1.30. The Bertz CT molecular complexity index is 1030. The van der Waals surface area contributed by atoms with Gasteiger partial charge in [0.1, 0.15) is 0 Å². The van der Waals surface area contributed by atoms with Crippen LogP contribution < -0.4 is 31.7 Å². The summed E-state index contributed by atoms with van der Waals surface area (Å²) in [6.07, 6.45) is 0. The van der Waals surface area contributed by atoms with Crippen molar-refractivity contribution < 1.29 is 28.7 Å². The summed E-state index contributed by atoms with van der Waals surface area (Å²) in [6, 6.07) is 10.5. The molecule has 4 amide bonds. The van der Waals surface area contributed by atoms with Gasteiger partial charge in [-0.05, 0) is 49.4 Å². The van der Waals surface area contributed by atoms with Gasteiger partial charge in [0.25, 0.3) is 5.91 Å². The van der Waals surface area contributed by atoms with Gasteiger partial charge in [-0.1, -0.05) is 0 Å². The van der Waals surface area contributed by atoms with Crippen LogP contribution in [0.15, 0.2) is 47.6 Å². The number of hydrogen-bond donors (Lipinski definition) is 4. The topological polar surface area (TPSA) is 175 Å². The Morgan fingerprint density at radius 3 is 2.16 bits per heavy atom. The van der Waals surface area contributed by atoms with Gasteiger partial charge in [-0.2, -0.15) is 5.10 Å². The number of nitrogens with one attached hydrogen (secondary N) is 2. The van der Waals surface area contributed by atoms with Crippen molar-refractivity contribution in [2.45, 2.75) is 6.92 Å². The van der Waals surface area contributed by atoms with Crippen LogP contribution >= 0.6 is 0 Å². The number of carbonyl (C=O) groups is 4. The molecule has 0 aliphatic heterocycles. The molecule has 162 valence electrons. The lowest BCUT2D eigenvalue weighted by Crippen LogP contribution is -2.33. The molecule has 0 aliphatic rings. The Hall–Kier alpha value is -4.41. The number of methoxy groups -OCH3 is 1. The zero-order valence-electron chi connectivity index (χ0n) is 16.8. The number of carbonyl (C=O) groups excluding carboxylic acids is 4. The molecule has 11 heteroatoms. The Labute approximate surface area is 177 Å². The molecule has 2 rings (SSSR count). The van der Waals surface area contributed by atoms with Crippen molar-refractivity contribution in [3.8, 4) is 11.5 Å². The highest BCUT2D eigenvalue weighted by molar-refractivity contribution is 6.39. The molecule has 0 aliphatic carbocycles. The molecule has 0 spiro atoms. The zero-order chi connectivity index (χ0) is 23.0. The van der Waals surface area contributed by atoms with Crippen molar-refractivity contribution in [3.63, 3.8) is 0 Å². The molecular weight excluding hydrogens is 406 g/mol. The average Bonchev–Trinajstić information content (AvgIpc) is 2.75. The first-order valence-electron chi connectivity index (χ1n) is 8.86. The van der Waals surface area contributed by atoms with Gasteiger partial charge in [0, 0.05) is 16.8 Å². The van der Waals surface area contributed by atoms with Crippen LogP contribution in [0.3, 0.4) is 0 Å². The maximum atomic E-state index is 12.0. The molecule has 0 heterocycles. The minimum Gasteiger partial charge on any atom is -0.493 e. The minimum absolute atomic E-state index is 0.268. The zero-order valence-corrected chi connectivity index (χ0v) is 16.8. The standard InChI is InChI=1S/C20H21N5O6/c1-11(13-5-8-15(16(9-13)30-2)31-10-17(21)26)24-25-20(29)19(28)23-14-6-3-12(4-7-14)18(22)27/h3-9H,10H2,1-2H3,(H2,21,26)(H2,22,27)(H,23,28)(H,25,29). The molecule has 6 N–H and O–H groups in total. The Balaban J connectivity index is 2.01. The summed E-state index contributed by atoms with van der Waals surface area (Å²) in [7, 11) is 1.42. The van der Waals surface area contributed by atoms with Crippen molar-refractivity contribution in [2.24, 2.45) is 16.6 Å². The fourth-order valence-corrected chi connectivity index (χ4v) is 2.32. The maximum Gasteiger partial charge on any atom is 0.329 e. The van der Waals surface area contributed by atoms with E-state index in [4.69, 9.17) is 20.9 Å².